The molecule has 0 N–H and O–H groups in total. The molecule has 0 radical (unpaired) electrons. The predicted octanol–water partition coefficient (Wildman–Crippen LogP) is -0.623. The quantitative estimate of drug-likeness (QED) is 0.490. The fourth-order valence-electron chi connectivity index (χ4n) is 1.79. The third-order valence-electron chi connectivity index (χ3n) is 2.83. The highest BCUT2D eigenvalue weighted by molar-refractivity contribution is 6.07. The largest absolute Gasteiger partial charge is 0.437 e. The first kappa shape index (κ1) is 12.0. The SMILES string of the molecule is CN1CC(=O)N(C)c2nc([N+](=O)[O-])n(C)c2C1=O. The Labute approximate surface area is 102 Å². The summed E-state index contributed by atoms with van der Waals surface area (Å²) in [5.41, 5.74) is 0.0394. The van der Waals surface area contributed by atoms with Gasteiger partial charge in [-0.05, 0) is 9.91 Å². The number of carbonyl (C=O) groups excluding carboxylic acids is 2. The van der Waals surface area contributed by atoms with Crippen molar-refractivity contribution in [1.29, 1.82) is 0 Å². The second-order valence-electron chi connectivity index (χ2n) is 4.01. The Bertz CT molecular complexity index is 564. The normalized spacial score (nSPS) is 15.7. The van der Waals surface area contributed by atoms with Crippen molar-refractivity contribution in [2.24, 2.45) is 7.05 Å². The number of rotatable bonds is 1. The minimum Gasteiger partial charge on any atom is -0.390 e. The van der Waals surface area contributed by atoms with Crippen LogP contribution in [0.25, 0.3) is 0 Å². The van der Waals surface area contributed by atoms with Crippen LogP contribution in [0.5, 0.6) is 0 Å². The summed E-state index contributed by atoms with van der Waals surface area (Å²) in [6, 6.07) is 0. The molecule has 0 fully saturated rings. The number of aromatic nitrogens is 2. The van der Waals surface area contributed by atoms with Crippen molar-refractivity contribution in [2.75, 3.05) is 25.5 Å². The van der Waals surface area contributed by atoms with Crippen molar-refractivity contribution in [3.8, 4) is 0 Å². The fourth-order valence-corrected chi connectivity index (χ4v) is 1.79. The lowest BCUT2D eigenvalue weighted by Gasteiger charge is -2.13. The van der Waals surface area contributed by atoms with Crippen LogP contribution in [0.1, 0.15) is 10.5 Å². The van der Waals surface area contributed by atoms with Gasteiger partial charge >= 0.3 is 5.95 Å². The molecule has 0 spiro atoms. The van der Waals surface area contributed by atoms with Crippen molar-refractivity contribution in [3.05, 3.63) is 15.8 Å². The van der Waals surface area contributed by atoms with Gasteiger partial charge in [0.1, 0.15) is 6.54 Å². The molecule has 9 nitrogen and oxygen atoms in total. The van der Waals surface area contributed by atoms with Crippen LogP contribution >= 0.6 is 0 Å². The zero-order chi connectivity index (χ0) is 13.6. The second-order valence-corrected chi connectivity index (χ2v) is 4.01. The van der Waals surface area contributed by atoms with Crippen molar-refractivity contribution < 1.29 is 14.5 Å². The lowest BCUT2D eigenvalue weighted by atomic mass is 10.3. The number of imidazole rings is 1. The molecule has 2 amide bonds. The van der Waals surface area contributed by atoms with E-state index in [1.165, 1.54) is 26.0 Å². The summed E-state index contributed by atoms with van der Waals surface area (Å²) in [4.78, 5) is 40.0. The van der Waals surface area contributed by atoms with Gasteiger partial charge in [0, 0.05) is 14.1 Å². The zero-order valence-electron chi connectivity index (χ0n) is 10.1. The number of nitrogens with zero attached hydrogens (tertiary/aromatic N) is 5. The van der Waals surface area contributed by atoms with Crippen molar-refractivity contribution >= 4 is 23.6 Å². The molecule has 1 aliphatic heterocycles. The number of likely N-dealkylation sites (N-methyl/N-ethyl adjacent to an activating group) is 2. The molecule has 0 saturated carbocycles. The Morgan fingerprint density at radius 1 is 1.28 bits per heavy atom. The van der Waals surface area contributed by atoms with Crippen molar-refractivity contribution in [1.82, 2.24) is 14.5 Å². The third kappa shape index (κ3) is 1.51. The van der Waals surface area contributed by atoms with Gasteiger partial charge in [0.25, 0.3) is 11.7 Å². The van der Waals surface area contributed by atoms with Crippen LogP contribution in [0.2, 0.25) is 0 Å². The van der Waals surface area contributed by atoms with Gasteiger partial charge in [-0.1, -0.05) is 0 Å². The summed E-state index contributed by atoms with van der Waals surface area (Å²) in [5.74, 6) is -1.27. The summed E-state index contributed by atoms with van der Waals surface area (Å²) in [6.07, 6.45) is 0. The number of hydrogen-bond acceptors (Lipinski definition) is 5. The predicted molar refractivity (Wildman–Crippen MR) is 60.2 cm³/mol. The summed E-state index contributed by atoms with van der Waals surface area (Å²) >= 11 is 0. The maximum Gasteiger partial charge on any atom is 0.437 e. The molecule has 2 rings (SSSR count). The molecule has 96 valence electrons. The van der Waals surface area contributed by atoms with Crippen LogP contribution in [0.3, 0.4) is 0 Å². The summed E-state index contributed by atoms with van der Waals surface area (Å²) in [7, 11) is 4.27. The number of carbonyl (C=O) groups is 2. The number of hydrogen-bond donors (Lipinski definition) is 0. The molecule has 9 heteroatoms. The number of fused-ring (bicyclic) bond motifs is 1. The van der Waals surface area contributed by atoms with E-state index in [1.54, 1.807) is 0 Å². The van der Waals surface area contributed by atoms with Crippen LogP contribution < -0.4 is 4.90 Å². The van der Waals surface area contributed by atoms with Gasteiger partial charge in [0.05, 0.1) is 7.05 Å². The summed E-state index contributed by atoms with van der Waals surface area (Å²) < 4.78 is 1.09. The van der Waals surface area contributed by atoms with E-state index in [0.717, 1.165) is 9.47 Å². The molecule has 0 saturated heterocycles. The molecule has 1 aromatic rings. The highest BCUT2D eigenvalue weighted by atomic mass is 16.6. The van der Waals surface area contributed by atoms with Gasteiger partial charge in [-0.15, -0.1) is 0 Å². The van der Waals surface area contributed by atoms with Gasteiger partial charge in [0.2, 0.25) is 11.6 Å². The Morgan fingerprint density at radius 3 is 2.44 bits per heavy atom. The monoisotopic (exact) mass is 253 g/mol. The van der Waals surface area contributed by atoms with Crippen molar-refractivity contribution in [2.45, 2.75) is 0 Å². The molecule has 2 heterocycles. The average molecular weight is 253 g/mol. The first-order chi connectivity index (χ1) is 8.34. The molecular weight excluding hydrogens is 242 g/mol. The van der Waals surface area contributed by atoms with Crippen LogP contribution in [-0.2, 0) is 11.8 Å². The number of amides is 2. The number of anilines is 1. The first-order valence-corrected chi connectivity index (χ1v) is 5.07. The standard InChI is InChI=1S/C9H11N5O4/c1-11-4-5(15)12(2)7-6(8(11)16)13(3)9(10-7)14(17)18/h4H2,1-3H3. The van der Waals surface area contributed by atoms with Crippen LogP contribution in [0, 0.1) is 10.1 Å². The van der Waals surface area contributed by atoms with Gasteiger partial charge < -0.3 is 15.0 Å². The van der Waals surface area contributed by atoms with E-state index in [-0.39, 0.29) is 24.0 Å². The maximum atomic E-state index is 12.0. The van der Waals surface area contributed by atoms with Gasteiger partial charge in [-0.25, -0.2) is 4.57 Å². The molecule has 1 aliphatic rings. The van der Waals surface area contributed by atoms with Gasteiger partial charge in [-0.3, -0.25) is 14.5 Å². The Morgan fingerprint density at radius 2 is 1.89 bits per heavy atom. The van der Waals surface area contributed by atoms with E-state index in [9.17, 15) is 19.7 Å². The first-order valence-electron chi connectivity index (χ1n) is 5.07. The highest BCUT2D eigenvalue weighted by Crippen LogP contribution is 2.27. The molecule has 0 unspecified atom stereocenters. The lowest BCUT2D eigenvalue weighted by molar-refractivity contribution is -0.396. The van der Waals surface area contributed by atoms with E-state index in [2.05, 4.69) is 4.98 Å². The average Bonchev–Trinajstić information content (AvgIpc) is 2.60. The summed E-state index contributed by atoms with van der Waals surface area (Å²) in [6.45, 7) is -0.0838. The topological polar surface area (TPSA) is 102 Å². The van der Waals surface area contributed by atoms with E-state index >= 15 is 0 Å². The maximum absolute atomic E-state index is 12.0. The van der Waals surface area contributed by atoms with E-state index < -0.39 is 16.8 Å². The molecular formula is C9H11N5O4. The van der Waals surface area contributed by atoms with Gasteiger partial charge in [-0.2, -0.15) is 0 Å². The Balaban J connectivity index is 2.70. The second kappa shape index (κ2) is 3.79. The number of nitro groups is 1. The molecule has 1 aromatic heterocycles. The van der Waals surface area contributed by atoms with E-state index in [1.807, 2.05) is 0 Å². The van der Waals surface area contributed by atoms with Crippen LogP contribution in [0.4, 0.5) is 11.8 Å². The van der Waals surface area contributed by atoms with Crippen LogP contribution in [0.15, 0.2) is 0 Å². The van der Waals surface area contributed by atoms with Gasteiger partial charge in [0.15, 0.2) is 0 Å². The summed E-state index contributed by atoms with van der Waals surface area (Å²) in [5, 5.41) is 10.8. The lowest BCUT2D eigenvalue weighted by Crippen LogP contribution is -2.35. The minimum absolute atomic E-state index is 0.0172. The van der Waals surface area contributed by atoms with E-state index in [4.69, 9.17) is 0 Å². The fraction of sp³-hybridized carbons (Fsp3) is 0.444. The zero-order valence-corrected chi connectivity index (χ0v) is 10.1. The molecule has 0 atom stereocenters. The smallest absolute Gasteiger partial charge is 0.390 e. The molecule has 0 aromatic carbocycles. The Kier molecular flexibility index (Phi) is 2.53. The third-order valence-corrected chi connectivity index (χ3v) is 2.83. The highest BCUT2D eigenvalue weighted by Gasteiger charge is 2.38. The van der Waals surface area contributed by atoms with E-state index in [0.29, 0.717) is 0 Å². The molecule has 0 bridgehead atoms. The van der Waals surface area contributed by atoms with Crippen molar-refractivity contribution in [3.63, 3.8) is 0 Å². The minimum atomic E-state index is -0.694. The molecule has 18 heavy (non-hydrogen) atoms. The molecule has 0 aliphatic carbocycles. The van der Waals surface area contributed by atoms with Crippen LogP contribution in [-0.4, -0.2) is 51.8 Å². The Hall–Kier alpha value is -2.45.